The van der Waals surface area contributed by atoms with E-state index in [9.17, 15) is 45.3 Å². The van der Waals surface area contributed by atoms with Gasteiger partial charge in [0.15, 0.2) is 12.1 Å². The number of rotatable bonds is 23. The second-order valence-corrected chi connectivity index (χ2v) is 12.4. The molecule has 2 fully saturated rings. The molecule has 0 amide bonds. The summed E-state index contributed by atoms with van der Waals surface area (Å²) in [5.74, 6) is -4.10. The molecule has 45 heavy (non-hydrogen) atoms. The minimum absolute atomic E-state index is 0.0345. The van der Waals surface area contributed by atoms with Crippen molar-refractivity contribution in [1.82, 2.24) is 0 Å². The van der Waals surface area contributed by atoms with Crippen molar-refractivity contribution in [2.45, 2.75) is 177 Å². The van der Waals surface area contributed by atoms with Crippen molar-refractivity contribution >= 4 is 11.8 Å². The van der Waals surface area contributed by atoms with E-state index in [4.69, 9.17) is 18.9 Å². The highest BCUT2D eigenvalue weighted by atomic mass is 16.8. The summed E-state index contributed by atoms with van der Waals surface area (Å²) in [6, 6.07) is 0. The van der Waals surface area contributed by atoms with Gasteiger partial charge in [-0.2, -0.15) is 0 Å². The topological polar surface area (TPSA) is 213 Å². The summed E-state index contributed by atoms with van der Waals surface area (Å²) in [7, 11) is 0. The predicted octanol–water partition coefficient (Wildman–Crippen LogP) is 1.37. The Morgan fingerprint density at radius 3 is 1.69 bits per heavy atom. The summed E-state index contributed by atoms with van der Waals surface area (Å²) >= 11 is 0. The van der Waals surface area contributed by atoms with E-state index in [-0.39, 0.29) is 12.8 Å². The van der Waals surface area contributed by atoms with Gasteiger partial charge < -0.3 is 54.7 Å². The standard InChI is InChI=1S/C32H58O13/c1-3-5-7-9-11-13-15-17-21(35)30(43-24(36)18-16-14-12-10-8-6-4-2)32(29(41)26(38)23(20-34)44-32)45-31-28(40)27(39)25(37)22(19-33)42-31/h22-23,25-31,33-34,37-41H,3-20H2,1-2H3/t22-,23-,25-,26-,27+,28-,29+,30?,31-,32-/m1/s1. The Hall–Kier alpha value is -1.26. The van der Waals surface area contributed by atoms with E-state index in [0.29, 0.717) is 12.8 Å². The van der Waals surface area contributed by atoms with Crippen LogP contribution in [0, 0.1) is 0 Å². The Balaban J connectivity index is 2.30. The van der Waals surface area contributed by atoms with E-state index in [1.54, 1.807) is 0 Å². The largest absolute Gasteiger partial charge is 0.448 e. The lowest BCUT2D eigenvalue weighted by atomic mass is 9.93. The molecule has 7 N–H and O–H groups in total. The van der Waals surface area contributed by atoms with E-state index >= 15 is 0 Å². The molecule has 2 aliphatic heterocycles. The SMILES string of the molecule is CCCCCCCCCC(=O)OC(C(=O)CCCCCCCCC)[C@@]1(O[C@H]2O[C@H](CO)[C@@H](O)[C@H](O)[C@H]2O)O[C@H](CO)[C@@H](O)[C@@H]1O. The monoisotopic (exact) mass is 650 g/mol. The van der Waals surface area contributed by atoms with Gasteiger partial charge in [0.2, 0.25) is 11.9 Å². The molecule has 0 aliphatic carbocycles. The first-order chi connectivity index (χ1) is 21.6. The molecule has 10 atom stereocenters. The van der Waals surface area contributed by atoms with Crippen LogP contribution in [0.1, 0.15) is 117 Å². The van der Waals surface area contributed by atoms with Crippen molar-refractivity contribution < 1.29 is 64.3 Å². The number of carbonyl (C=O) groups is 2. The molecule has 0 bridgehead atoms. The van der Waals surface area contributed by atoms with Gasteiger partial charge in [0, 0.05) is 12.8 Å². The highest BCUT2D eigenvalue weighted by Crippen LogP contribution is 2.41. The van der Waals surface area contributed by atoms with Crippen LogP contribution >= 0.6 is 0 Å². The van der Waals surface area contributed by atoms with Crippen LogP contribution in [0.25, 0.3) is 0 Å². The van der Waals surface area contributed by atoms with Crippen LogP contribution in [-0.4, -0.2) is 122 Å². The third-order valence-electron chi connectivity index (χ3n) is 8.70. The molecule has 0 spiro atoms. The summed E-state index contributed by atoms with van der Waals surface area (Å²) in [5.41, 5.74) is 0. The zero-order valence-corrected chi connectivity index (χ0v) is 27.0. The number of ketones is 1. The molecule has 13 nitrogen and oxygen atoms in total. The van der Waals surface area contributed by atoms with Gasteiger partial charge >= 0.3 is 5.97 Å². The van der Waals surface area contributed by atoms with Gasteiger partial charge in [-0.25, -0.2) is 0 Å². The molecular weight excluding hydrogens is 592 g/mol. The smallest absolute Gasteiger partial charge is 0.306 e. The Morgan fingerprint density at radius 2 is 1.18 bits per heavy atom. The number of unbranched alkanes of at least 4 members (excludes halogenated alkanes) is 12. The molecule has 2 rings (SSSR count). The number of hydrogen-bond donors (Lipinski definition) is 7. The average molecular weight is 651 g/mol. The van der Waals surface area contributed by atoms with Gasteiger partial charge in [0.1, 0.15) is 42.7 Å². The fraction of sp³-hybridized carbons (Fsp3) is 0.938. The fourth-order valence-corrected chi connectivity index (χ4v) is 5.86. The molecule has 2 heterocycles. The van der Waals surface area contributed by atoms with E-state index in [2.05, 4.69) is 13.8 Å². The van der Waals surface area contributed by atoms with Crippen LogP contribution in [0.15, 0.2) is 0 Å². The van der Waals surface area contributed by atoms with Gasteiger partial charge in [0.25, 0.3) is 0 Å². The zero-order chi connectivity index (χ0) is 33.4. The van der Waals surface area contributed by atoms with Crippen LogP contribution < -0.4 is 0 Å². The number of aliphatic hydroxyl groups excluding tert-OH is 7. The van der Waals surface area contributed by atoms with E-state index < -0.39 is 85.9 Å². The summed E-state index contributed by atoms with van der Waals surface area (Å²) < 4.78 is 22.7. The van der Waals surface area contributed by atoms with Crippen molar-refractivity contribution in [3.63, 3.8) is 0 Å². The molecular formula is C32H58O13. The highest BCUT2D eigenvalue weighted by Gasteiger charge is 2.65. The van der Waals surface area contributed by atoms with Gasteiger partial charge in [0.05, 0.1) is 13.2 Å². The highest BCUT2D eigenvalue weighted by molar-refractivity contribution is 5.87. The van der Waals surface area contributed by atoms with Gasteiger partial charge in [-0.15, -0.1) is 0 Å². The van der Waals surface area contributed by atoms with Crippen molar-refractivity contribution in [3.8, 4) is 0 Å². The maximum absolute atomic E-state index is 13.8. The van der Waals surface area contributed by atoms with Gasteiger partial charge in [-0.05, 0) is 12.8 Å². The second-order valence-electron chi connectivity index (χ2n) is 12.4. The quantitative estimate of drug-likeness (QED) is 0.0616. The molecule has 2 saturated heterocycles. The lowest BCUT2D eigenvalue weighted by molar-refractivity contribution is -0.391. The Labute approximate surface area is 266 Å². The number of ether oxygens (including phenoxy) is 4. The lowest BCUT2D eigenvalue weighted by Gasteiger charge is -2.45. The maximum Gasteiger partial charge on any atom is 0.306 e. The number of carbonyl (C=O) groups excluding carboxylic acids is 2. The van der Waals surface area contributed by atoms with Crippen molar-refractivity contribution in [2.24, 2.45) is 0 Å². The molecule has 1 unspecified atom stereocenters. The Kier molecular flexibility index (Phi) is 18.5. The number of esters is 1. The van der Waals surface area contributed by atoms with Crippen molar-refractivity contribution in [3.05, 3.63) is 0 Å². The normalized spacial score (nSPS) is 32.5. The number of hydrogen-bond acceptors (Lipinski definition) is 13. The van der Waals surface area contributed by atoms with Crippen LogP contribution in [0.4, 0.5) is 0 Å². The number of aliphatic hydroxyl groups is 7. The zero-order valence-electron chi connectivity index (χ0n) is 27.0. The molecule has 0 saturated carbocycles. The van der Waals surface area contributed by atoms with Crippen LogP contribution in [0.2, 0.25) is 0 Å². The molecule has 0 aromatic carbocycles. The fourth-order valence-electron chi connectivity index (χ4n) is 5.86. The van der Waals surface area contributed by atoms with Gasteiger partial charge in [-0.3, -0.25) is 9.59 Å². The molecule has 0 aromatic rings. The van der Waals surface area contributed by atoms with E-state index in [0.717, 1.165) is 77.0 Å². The molecule has 0 aromatic heterocycles. The molecule has 13 heteroatoms. The van der Waals surface area contributed by atoms with Gasteiger partial charge in [-0.1, -0.05) is 90.9 Å². The first kappa shape index (κ1) is 39.9. The third-order valence-corrected chi connectivity index (χ3v) is 8.70. The van der Waals surface area contributed by atoms with Crippen molar-refractivity contribution in [2.75, 3.05) is 13.2 Å². The number of Topliss-reactive ketones (excluding diaryl/α,β-unsaturated/α-hetero) is 1. The van der Waals surface area contributed by atoms with Crippen LogP contribution in [0.5, 0.6) is 0 Å². The summed E-state index contributed by atoms with van der Waals surface area (Å²) in [5, 5.41) is 72.7. The molecule has 2 aliphatic rings. The molecule has 0 radical (unpaired) electrons. The second kappa shape index (κ2) is 20.9. The van der Waals surface area contributed by atoms with E-state index in [1.807, 2.05) is 0 Å². The lowest BCUT2D eigenvalue weighted by Crippen LogP contribution is -2.65. The minimum atomic E-state index is -2.66. The first-order valence-electron chi connectivity index (χ1n) is 16.9. The average Bonchev–Trinajstić information content (AvgIpc) is 3.28. The minimum Gasteiger partial charge on any atom is -0.448 e. The van der Waals surface area contributed by atoms with Crippen LogP contribution in [0.3, 0.4) is 0 Å². The summed E-state index contributed by atoms with van der Waals surface area (Å²) in [6.07, 6.45) is -3.26. The Morgan fingerprint density at radius 1 is 0.667 bits per heavy atom. The summed E-state index contributed by atoms with van der Waals surface area (Å²) in [6.45, 7) is 2.66. The Bertz CT molecular complexity index is 842. The summed E-state index contributed by atoms with van der Waals surface area (Å²) in [4.78, 5) is 26.9. The maximum atomic E-state index is 13.8. The first-order valence-corrected chi connectivity index (χ1v) is 16.9. The predicted molar refractivity (Wildman–Crippen MR) is 162 cm³/mol. The third kappa shape index (κ3) is 11.4. The van der Waals surface area contributed by atoms with Crippen molar-refractivity contribution in [1.29, 1.82) is 0 Å². The molecule has 264 valence electrons. The van der Waals surface area contributed by atoms with Crippen LogP contribution in [-0.2, 0) is 28.5 Å². The van der Waals surface area contributed by atoms with E-state index in [1.165, 1.54) is 0 Å².